The number of thiazole rings is 1. The Hall–Kier alpha value is -2.80. The lowest BCUT2D eigenvalue weighted by atomic mass is 10.2. The molecule has 1 N–H and O–H groups in total. The third-order valence-electron chi connectivity index (χ3n) is 4.53. The SMILES string of the molecule is O=C(Cc1csc(-c2cccnc2)n1)NCc1ccc(N2CCCC2)nc1. The molecule has 3 aromatic heterocycles. The van der Waals surface area contributed by atoms with Crippen LogP contribution in [0.1, 0.15) is 24.1 Å². The molecule has 1 aliphatic rings. The highest BCUT2D eigenvalue weighted by Crippen LogP contribution is 2.22. The van der Waals surface area contributed by atoms with Crippen molar-refractivity contribution in [2.24, 2.45) is 0 Å². The summed E-state index contributed by atoms with van der Waals surface area (Å²) in [5.74, 6) is 0.981. The van der Waals surface area contributed by atoms with Gasteiger partial charge < -0.3 is 10.2 Å². The lowest BCUT2D eigenvalue weighted by Crippen LogP contribution is -2.25. The number of carbonyl (C=O) groups is 1. The zero-order chi connectivity index (χ0) is 18.5. The van der Waals surface area contributed by atoms with Crippen LogP contribution in [0.4, 0.5) is 5.82 Å². The lowest BCUT2D eigenvalue weighted by Gasteiger charge is -2.16. The quantitative estimate of drug-likeness (QED) is 0.713. The van der Waals surface area contributed by atoms with Crippen LogP contribution in [0, 0.1) is 0 Å². The Labute approximate surface area is 162 Å². The molecule has 0 unspecified atom stereocenters. The van der Waals surface area contributed by atoms with Gasteiger partial charge in [-0.15, -0.1) is 11.3 Å². The Bertz CT molecular complexity index is 888. The average molecular weight is 379 g/mol. The van der Waals surface area contributed by atoms with Gasteiger partial charge in [0.05, 0.1) is 12.1 Å². The summed E-state index contributed by atoms with van der Waals surface area (Å²) < 4.78 is 0. The van der Waals surface area contributed by atoms with Gasteiger partial charge in [-0.3, -0.25) is 9.78 Å². The summed E-state index contributed by atoms with van der Waals surface area (Å²) in [6.07, 6.45) is 8.10. The Kier molecular flexibility index (Phi) is 5.39. The van der Waals surface area contributed by atoms with E-state index in [2.05, 4.69) is 25.2 Å². The molecule has 0 aliphatic carbocycles. The molecule has 138 valence electrons. The minimum Gasteiger partial charge on any atom is -0.357 e. The molecule has 6 nitrogen and oxygen atoms in total. The highest BCUT2D eigenvalue weighted by Gasteiger charge is 2.13. The molecular weight excluding hydrogens is 358 g/mol. The second kappa shape index (κ2) is 8.26. The van der Waals surface area contributed by atoms with E-state index in [1.54, 1.807) is 12.4 Å². The van der Waals surface area contributed by atoms with Gasteiger partial charge in [0.15, 0.2) is 0 Å². The minimum absolute atomic E-state index is 0.0401. The molecule has 1 fully saturated rings. The van der Waals surface area contributed by atoms with Crippen molar-refractivity contribution in [2.45, 2.75) is 25.8 Å². The second-order valence-electron chi connectivity index (χ2n) is 6.56. The number of pyridine rings is 2. The first-order valence-corrected chi connectivity index (χ1v) is 9.97. The fourth-order valence-electron chi connectivity index (χ4n) is 3.09. The van der Waals surface area contributed by atoms with Crippen molar-refractivity contribution in [3.05, 3.63) is 59.5 Å². The van der Waals surface area contributed by atoms with Crippen molar-refractivity contribution in [2.75, 3.05) is 18.0 Å². The molecule has 3 aromatic rings. The lowest BCUT2D eigenvalue weighted by molar-refractivity contribution is -0.120. The third-order valence-corrected chi connectivity index (χ3v) is 5.47. The summed E-state index contributed by atoms with van der Waals surface area (Å²) in [7, 11) is 0. The zero-order valence-corrected chi connectivity index (χ0v) is 15.8. The van der Waals surface area contributed by atoms with Crippen LogP contribution < -0.4 is 10.2 Å². The smallest absolute Gasteiger partial charge is 0.226 e. The van der Waals surface area contributed by atoms with Crippen LogP contribution in [0.15, 0.2) is 48.2 Å². The van der Waals surface area contributed by atoms with Crippen molar-refractivity contribution in [1.82, 2.24) is 20.3 Å². The van der Waals surface area contributed by atoms with E-state index < -0.39 is 0 Å². The Morgan fingerprint density at radius 3 is 2.81 bits per heavy atom. The largest absolute Gasteiger partial charge is 0.357 e. The number of carbonyl (C=O) groups excluding carboxylic acids is 1. The van der Waals surface area contributed by atoms with Crippen LogP contribution in [-0.4, -0.2) is 33.9 Å². The van der Waals surface area contributed by atoms with Gasteiger partial charge in [-0.25, -0.2) is 9.97 Å². The van der Waals surface area contributed by atoms with E-state index in [9.17, 15) is 4.79 Å². The third kappa shape index (κ3) is 4.49. The van der Waals surface area contributed by atoms with Gasteiger partial charge >= 0.3 is 0 Å². The normalized spacial score (nSPS) is 13.7. The van der Waals surface area contributed by atoms with Crippen molar-refractivity contribution < 1.29 is 4.79 Å². The molecule has 0 saturated carbocycles. The Balaban J connectivity index is 1.29. The average Bonchev–Trinajstić information content (AvgIpc) is 3.40. The fourth-order valence-corrected chi connectivity index (χ4v) is 3.90. The van der Waals surface area contributed by atoms with Gasteiger partial charge in [0, 0.05) is 49.2 Å². The van der Waals surface area contributed by atoms with Crippen LogP contribution in [0.25, 0.3) is 10.6 Å². The number of aromatic nitrogens is 3. The molecule has 27 heavy (non-hydrogen) atoms. The minimum atomic E-state index is -0.0401. The molecule has 0 atom stereocenters. The molecule has 1 saturated heterocycles. The number of anilines is 1. The number of hydrogen-bond donors (Lipinski definition) is 1. The first-order valence-electron chi connectivity index (χ1n) is 9.09. The maximum absolute atomic E-state index is 12.2. The van der Waals surface area contributed by atoms with E-state index >= 15 is 0 Å². The van der Waals surface area contributed by atoms with Gasteiger partial charge in [-0.2, -0.15) is 0 Å². The number of amides is 1. The maximum Gasteiger partial charge on any atom is 0.226 e. The number of nitrogens with one attached hydrogen (secondary N) is 1. The van der Waals surface area contributed by atoms with Crippen LogP contribution in [0.3, 0.4) is 0 Å². The number of hydrogen-bond acceptors (Lipinski definition) is 6. The predicted octanol–water partition coefficient (Wildman–Crippen LogP) is 3.06. The van der Waals surface area contributed by atoms with E-state index in [4.69, 9.17) is 0 Å². The molecule has 4 heterocycles. The van der Waals surface area contributed by atoms with E-state index in [1.807, 2.05) is 35.8 Å². The maximum atomic E-state index is 12.2. The standard InChI is InChI=1S/C20H21N5OS/c26-19(10-17-14-27-20(24-17)16-4-3-7-21-13-16)23-12-15-5-6-18(22-11-15)25-8-1-2-9-25/h3-7,11,13-14H,1-2,8-10,12H2,(H,23,26). The van der Waals surface area contributed by atoms with Crippen molar-refractivity contribution in [3.8, 4) is 10.6 Å². The molecule has 7 heteroatoms. The van der Waals surface area contributed by atoms with Crippen molar-refractivity contribution in [3.63, 3.8) is 0 Å². The second-order valence-corrected chi connectivity index (χ2v) is 7.42. The van der Waals surface area contributed by atoms with E-state index in [0.29, 0.717) is 6.54 Å². The van der Waals surface area contributed by atoms with E-state index in [-0.39, 0.29) is 12.3 Å². The van der Waals surface area contributed by atoms with Crippen LogP contribution >= 0.6 is 11.3 Å². The molecule has 0 spiro atoms. The molecule has 1 aliphatic heterocycles. The monoisotopic (exact) mass is 379 g/mol. The molecule has 0 bridgehead atoms. The van der Waals surface area contributed by atoms with Crippen LogP contribution in [-0.2, 0) is 17.8 Å². The number of rotatable bonds is 6. The van der Waals surface area contributed by atoms with Crippen molar-refractivity contribution >= 4 is 23.1 Å². The fraction of sp³-hybridized carbons (Fsp3) is 0.300. The predicted molar refractivity (Wildman–Crippen MR) is 107 cm³/mol. The van der Waals surface area contributed by atoms with Gasteiger partial charge in [0.2, 0.25) is 5.91 Å². The highest BCUT2D eigenvalue weighted by molar-refractivity contribution is 7.13. The summed E-state index contributed by atoms with van der Waals surface area (Å²) in [5.41, 5.74) is 2.75. The van der Waals surface area contributed by atoms with Gasteiger partial charge in [-0.05, 0) is 36.6 Å². The Morgan fingerprint density at radius 2 is 2.07 bits per heavy atom. The number of nitrogens with zero attached hydrogens (tertiary/aromatic N) is 4. The summed E-state index contributed by atoms with van der Waals surface area (Å²) in [6.45, 7) is 2.64. The topological polar surface area (TPSA) is 71.0 Å². The van der Waals surface area contributed by atoms with Gasteiger partial charge in [0.1, 0.15) is 10.8 Å². The Morgan fingerprint density at radius 1 is 1.19 bits per heavy atom. The summed E-state index contributed by atoms with van der Waals surface area (Å²) >= 11 is 1.53. The van der Waals surface area contributed by atoms with E-state index in [1.165, 1.54) is 24.2 Å². The van der Waals surface area contributed by atoms with Gasteiger partial charge in [-0.1, -0.05) is 6.07 Å². The molecule has 1 amide bonds. The van der Waals surface area contributed by atoms with Crippen molar-refractivity contribution in [1.29, 1.82) is 0 Å². The van der Waals surface area contributed by atoms with E-state index in [0.717, 1.165) is 40.7 Å². The molecular formula is C20H21N5OS. The summed E-state index contributed by atoms with van der Waals surface area (Å²) in [5, 5.41) is 5.75. The molecule has 4 rings (SSSR count). The highest BCUT2D eigenvalue weighted by atomic mass is 32.1. The molecule has 0 aromatic carbocycles. The molecule has 0 radical (unpaired) electrons. The zero-order valence-electron chi connectivity index (χ0n) is 15.0. The van der Waals surface area contributed by atoms with Crippen LogP contribution in [0.5, 0.6) is 0 Å². The summed E-state index contributed by atoms with van der Waals surface area (Å²) in [4.78, 5) is 27.7. The first kappa shape index (κ1) is 17.6. The van der Waals surface area contributed by atoms with Gasteiger partial charge in [0.25, 0.3) is 0 Å². The summed E-state index contributed by atoms with van der Waals surface area (Å²) in [6, 6.07) is 7.92. The van der Waals surface area contributed by atoms with Crippen LogP contribution in [0.2, 0.25) is 0 Å². The first-order chi connectivity index (χ1) is 13.3.